The Labute approximate surface area is 123 Å². The number of hydrogen-bond donors (Lipinski definition) is 1. The normalized spacial score (nSPS) is 8.07. The van der Waals surface area contributed by atoms with Gasteiger partial charge in [-0.25, -0.2) is 9.59 Å². The molecule has 0 radical (unpaired) electrons. The molecule has 1 rings (SSSR count). The summed E-state index contributed by atoms with van der Waals surface area (Å²) < 4.78 is 0.643. The maximum absolute atomic E-state index is 10.8. The van der Waals surface area contributed by atoms with E-state index < -0.39 is 17.2 Å². The van der Waals surface area contributed by atoms with Crippen molar-refractivity contribution < 1.29 is 9.63 Å². The van der Waals surface area contributed by atoms with Crippen LogP contribution in [-0.4, -0.2) is 74.8 Å². The van der Waals surface area contributed by atoms with Crippen LogP contribution in [0.2, 0.25) is 0 Å². The molecule has 0 spiro atoms. The zero-order valence-corrected chi connectivity index (χ0v) is 6.23. The molecule has 6 nitrogen and oxygen atoms in total. The summed E-state index contributed by atoms with van der Waals surface area (Å²) in [5.74, 6) is -0.635. The quantitative estimate of drug-likeness (QED) is 0.517. The van der Waals surface area contributed by atoms with Gasteiger partial charge in [0, 0.05) is 13.0 Å². The molecule has 14 heavy (non-hydrogen) atoms. The Morgan fingerprint density at radius 1 is 1.43 bits per heavy atom. The molecule has 0 aliphatic heterocycles. The number of carbonyl (C=O) groups excluding carboxylic acids is 1. The van der Waals surface area contributed by atoms with E-state index in [-0.39, 0.29) is 59.1 Å². The van der Waals surface area contributed by atoms with Gasteiger partial charge in [0.1, 0.15) is 0 Å². The van der Waals surface area contributed by atoms with Gasteiger partial charge < -0.3 is 4.84 Å². The van der Waals surface area contributed by atoms with E-state index in [2.05, 4.69) is 4.84 Å². The number of rotatable bonds is 1. The zero-order chi connectivity index (χ0) is 9.14. The van der Waals surface area contributed by atoms with E-state index >= 15 is 0 Å². The third-order valence-electron chi connectivity index (χ3n) is 1.02. The van der Waals surface area contributed by atoms with Crippen LogP contribution in [0.5, 0.6) is 0 Å². The minimum atomic E-state index is -0.780. The first kappa shape index (κ1) is 16.6. The average molecular weight is 218 g/mol. The van der Waals surface area contributed by atoms with Crippen molar-refractivity contribution in [2.75, 3.05) is 0 Å². The maximum atomic E-state index is 10.8. The van der Waals surface area contributed by atoms with E-state index in [1.807, 2.05) is 4.98 Å². The summed E-state index contributed by atoms with van der Waals surface area (Å²) in [7, 11) is 0. The SMILES string of the molecule is CC(=O)On1ccc(=O)[nH]c1=O.[NaH].[NaH]. The summed E-state index contributed by atoms with van der Waals surface area (Å²) in [5, 5.41) is 0. The molecule has 0 bridgehead atoms. The van der Waals surface area contributed by atoms with Crippen LogP contribution in [-0.2, 0) is 4.79 Å². The molecule has 0 unspecified atom stereocenters. The predicted molar refractivity (Wildman–Crippen MR) is 52.9 cm³/mol. The second kappa shape index (κ2) is 7.44. The number of aromatic amines is 1. The van der Waals surface area contributed by atoms with Crippen molar-refractivity contribution in [2.45, 2.75) is 6.92 Å². The van der Waals surface area contributed by atoms with Crippen molar-refractivity contribution in [3.05, 3.63) is 33.1 Å². The van der Waals surface area contributed by atoms with Crippen molar-refractivity contribution in [2.24, 2.45) is 0 Å². The molecule has 0 aliphatic rings. The first-order valence-electron chi connectivity index (χ1n) is 3.10. The van der Waals surface area contributed by atoms with E-state index in [0.29, 0.717) is 4.73 Å². The number of nitrogens with zero attached hydrogens (tertiary/aromatic N) is 1. The first-order chi connectivity index (χ1) is 5.59. The Morgan fingerprint density at radius 2 is 2.00 bits per heavy atom. The van der Waals surface area contributed by atoms with Crippen LogP contribution in [0.3, 0.4) is 0 Å². The fraction of sp³-hybridized carbons (Fsp3) is 0.167. The third-order valence-corrected chi connectivity index (χ3v) is 1.02. The van der Waals surface area contributed by atoms with Crippen LogP contribution in [0, 0.1) is 0 Å². The number of aromatic nitrogens is 2. The third kappa shape index (κ3) is 5.14. The van der Waals surface area contributed by atoms with Crippen LogP contribution in [0.1, 0.15) is 6.92 Å². The molecule has 0 fully saturated rings. The van der Waals surface area contributed by atoms with E-state index in [1.165, 1.54) is 0 Å². The number of carbonyl (C=O) groups is 1. The van der Waals surface area contributed by atoms with Gasteiger partial charge in [0.25, 0.3) is 5.56 Å². The van der Waals surface area contributed by atoms with E-state index in [0.717, 1.165) is 19.2 Å². The molecular formula is C6H8N2Na2O4. The molecule has 1 heterocycles. The zero-order valence-electron chi connectivity index (χ0n) is 6.23. The van der Waals surface area contributed by atoms with Crippen molar-refractivity contribution in [1.82, 2.24) is 9.71 Å². The Balaban J connectivity index is 0. The Bertz CT molecular complexity index is 411. The Hall–Kier alpha value is 0.150. The molecule has 1 N–H and O–H groups in total. The fourth-order valence-corrected chi connectivity index (χ4v) is 0.616. The predicted octanol–water partition coefficient (Wildman–Crippen LogP) is -2.79. The monoisotopic (exact) mass is 218 g/mol. The van der Waals surface area contributed by atoms with Crippen LogP contribution in [0.15, 0.2) is 21.9 Å². The van der Waals surface area contributed by atoms with E-state index in [1.54, 1.807) is 0 Å². The summed E-state index contributed by atoms with van der Waals surface area (Å²) in [6.45, 7) is 1.15. The molecule has 0 aliphatic carbocycles. The molecule has 1 aromatic heterocycles. The van der Waals surface area contributed by atoms with Gasteiger partial charge in [-0.1, -0.05) is 0 Å². The van der Waals surface area contributed by atoms with Gasteiger partial charge in [-0.2, -0.15) is 0 Å². The van der Waals surface area contributed by atoms with Crippen LogP contribution < -0.4 is 16.1 Å². The van der Waals surface area contributed by atoms with Gasteiger partial charge in [0.2, 0.25) is 0 Å². The van der Waals surface area contributed by atoms with Crippen molar-refractivity contribution in [1.29, 1.82) is 0 Å². The molecule has 0 aromatic carbocycles. The van der Waals surface area contributed by atoms with E-state index in [9.17, 15) is 14.4 Å². The van der Waals surface area contributed by atoms with Gasteiger partial charge >= 0.3 is 70.8 Å². The number of hydrogen-bond acceptors (Lipinski definition) is 4. The number of nitrogens with one attached hydrogen (secondary N) is 1. The second-order valence-electron chi connectivity index (χ2n) is 2.02. The fourth-order valence-electron chi connectivity index (χ4n) is 0.616. The average Bonchev–Trinajstić information content (AvgIpc) is 1.94. The first-order valence-corrected chi connectivity index (χ1v) is 3.10. The summed E-state index contributed by atoms with van der Waals surface area (Å²) in [6, 6.07) is 1.07. The molecule has 0 atom stereocenters. The minimum absolute atomic E-state index is 0. The van der Waals surface area contributed by atoms with Gasteiger partial charge in [0.05, 0.1) is 6.20 Å². The summed E-state index contributed by atoms with van der Waals surface area (Å²) in [4.78, 5) is 38.0. The summed E-state index contributed by atoms with van der Waals surface area (Å²) >= 11 is 0. The van der Waals surface area contributed by atoms with Gasteiger partial charge in [-0.3, -0.25) is 9.78 Å². The van der Waals surface area contributed by atoms with Crippen LogP contribution in [0.4, 0.5) is 0 Å². The molecule has 0 saturated heterocycles. The van der Waals surface area contributed by atoms with E-state index in [4.69, 9.17) is 0 Å². The molecule has 8 heteroatoms. The summed E-state index contributed by atoms with van der Waals surface area (Å²) in [6.07, 6.45) is 1.07. The standard InChI is InChI=1S/C6H6N2O4.2Na.2H/c1-4(9)12-8-3-2-5(10)7-6(8)11;;;;/h2-3H,1H3,(H,7,10,11);;;;. The Morgan fingerprint density at radius 3 is 2.43 bits per heavy atom. The molecule has 0 amide bonds. The van der Waals surface area contributed by atoms with Gasteiger partial charge in [0.15, 0.2) is 0 Å². The van der Waals surface area contributed by atoms with Gasteiger partial charge in [-0.15, -0.1) is 4.73 Å². The number of H-pyrrole nitrogens is 1. The van der Waals surface area contributed by atoms with Crippen LogP contribution in [0.25, 0.3) is 0 Å². The van der Waals surface area contributed by atoms with Gasteiger partial charge in [-0.05, 0) is 0 Å². The van der Waals surface area contributed by atoms with Crippen LogP contribution >= 0.6 is 0 Å². The summed E-state index contributed by atoms with van der Waals surface area (Å²) in [5.41, 5.74) is -1.32. The Kier molecular flexibility index (Phi) is 8.81. The molecule has 68 valence electrons. The van der Waals surface area contributed by atoms with Crippen molar-refractivity contribution in [3.8, 4) is 0 Å². The topological polar surface area (TPSA) is 81.2 Å². The molecular weight excluding hydrogens is 210 g/mol. The second-order valence-corrected chi connectivity index (χ2v) is 2.02. The van der Waals surface area contributed by atoms with Crippen molar-refractivity contribution >= 4 is 65.1 Å². The molecule has 1 aromatic rings. The molecule has 0 saturated carbocycles. The van der Waals surface area contributed by atoms with Crippen molar-refractivity contribution in [3.63, 3.8) is 0 Å².